The Hall–Kier alpha value is -1.59. The molecule has 1 unspecified atom stereocenters. The molecule has 0 aromatic rings. The third-order valence-corrected chi connectivity index (χ3v) is 4.52. The van der Waals surface area contributed by atoms with E-state index in [1.807, 2.05) is 41.5 Å². The Labute approximate surface area is 163 Å². The molecule has 0 spiro atoms. The molecular formula is C21H36O6. The second-order valence-corrected chi connectivity index (χ2v) is 8.88. The molecule has 6 nitrogen and oxygen atoms in total. The van der Waals surface area contributed by atoms with Crippen LogP contribution in [0.1, 0.15) is 67.2 Å². The normalized spacial score (nSPS) is 19.2. The van der Waals surface area contributed by atoms with Crippen LogP contribution in [0.4, 0.5) is 0 Å². The first-order valence-electron chi connectivity index (χ1n) is 10.1. The minimum absolute atomic E-state index is 0.0950. The molecule has 0 amide bonds. The Morgan fingerprint density at radius 3 is 1.70 bits per heavy atom. The van der Waals surface area contributed by atoms with Gasteiger partial charge in [0, 0.05) is 0 Å². The van der Waals surface area contributed by atoms with Crippen molar-refractivity contribution in [3.05, 3.63) is 0 Å². The molecule has 0 N–H and O–H groups in total. The van der Waals surface area contributed by atoms with Crippen LogP contribution in [0.15, 0.2) is 0 Å². The first kappa shape index (κ1) is 23.4. The first-order valence-corrected chi connectivity index (χ1v) is 10.1. The van der Waals surface area contributed by atoms with Crippen LogP contribution in [0.3, 0.4) is 0 Å². The SMILES string of the molecule is CC(C)COC(=O)C1CCCC(C(=O)OCC(C)C)(C(=O)OCC(C)C)C1. The summed E-state index contributed by atoms with van der Waals surface area (Å²) in [5, 5.41) is 0. The van der Waals surface area contributed by atoms with Crippen LogP contribution in [0.25, 0.3) is 0 Å². The second kappa shape index (κ2) is 10.7. The van der Waals surface area contributed by atoms with E-state index < -0.39 is 23.3 Å². The number of carbonyl (C=O) groups is 3. The molecule has 1 aliphatic carbocycles. The molecule has 0 aromatic carbocycles. The minimum atomic E-state index is -1.41. The van der Waals surface area contributed by atoms with Crippen molar-refractivity contribution in [1.29, 1.82) is 0 Å². The number of ether oxygens (including phenoxy) is 3. The zero-order valence-corrected chi connectivity index (χ0v) is 17.7. The molecule has 6 heteroatoms. The predicted molar refractivity (Wildman–Crippen MR) is 102 cm³/mol. The summed E-state index contributed by atoms with van der Waals surface area (Å²) in [7, 11) is 0. The summed E-state index contributed by atoms with van der Waals surface area (Å²) in [6.07, 6.45) is 1.62. The van der Waals surface area contributed by atoms with E-state index in [0.717, 1.165) is 0 Å². The molecule has 1 saturated carbocycles. The molecule has 0 bridgehead atoms. The number of hydrogen-bond donors (Lipinski definition) is 0. The smallest absolute Gasteiger partial charge is 0.323 e. The lowest BCUT2D eigenvalue weighted by Crippen LogP contribution is -2.47. The van der Waals surface area contributed by atoms with Crippen LogP contribution < -0.4 is 0 Å². The molecule has 1 atom stereocenters. The van der Waals surface area contributed by atoms with Crippen LogP contribution in [-0.4, -0.2) is 37.7 Å². The van der Waals surface area contributed by atoms with E-state index >= 15 is 0 Å². The quantitative estimate of drug-likeness (QED) is 0.342. The lowest BCUT2D eigenvalue weighted by molar-refractivity contribution is -0.179. The van der Waals surface area contributed by atoms with Crippen LogP contribution in [0.5, 0.6) is 0 Å². The van der Waals surface area contributed by atoms with Crippen molar-refractivity contribution in [2.75, 3.05) is 19.8 Å². The minimum Gasteiger partial charge on any atom is -0.465 e. The van der Waals surface area contributed by atoms with Gasteiger partial charge < -0.3 is 14.2 Å². The lowest BCUT2D eigenvalue weighted by atomic mass is 9.69. The van der Waals surface area contributed by atoms with E-state index in [1.165, 1.54) is 0 Å². The van der Waals surface area contributed by atoms with E-state index in [0.29, 0.717) is 25.9 Å². The largest absolute Gasteiger partial charge is 0.465 e. The van der Waals surface area contributed by atoms with Gasteiger partial charge >= 0.3 is 17.9 Å². The van der Waals surface area contributed by atoms with Gasteiger partial charge in [0.15, 0.2) is 5.41 Å². The van der Waals surface area contributed by atoms with Crippen LogP contribution >= 0.6 is 0 Å². The van der Waals surface area contributed by atoms with E-state index in [4.69, 9.17) is 14.2 Å². The van der Waals surface area contributed by atoms with Gasteiger partial charge in [-0.1, -0.05) is 48.0 Å². The van der Waals surface area contributed by atoms with E-state index in [-0.39, 0.29) is 43.4 Å². The highest BCUT2D eigenvalue weighted by Gasteiger charge is 2.53. The van der Waals surface area contributed by atoms with E-state index in [9.17, 15) is 14.4 Å². The maximum Gasteiger partial charge on any atom is 0.323 e. The molecule has 0 heterocycles. The van der Waals surface area contributed by atoms with Crippen molar-refractivity contribution in [3.8, 4) is 0 Å². The highest BCUT2D eigenvalue weighted by molar-refractivity contribution is 6.00. The third kappa shape index (κ3) is 7.15. The molecule has 0 saturated heterocycles. The van der Waals surface area contributed by atoms with Crippen LogP contribution in [-0.2, 0) is 28.6 Å². The average Bonchev–Trinajstić information content (AvgIpc) is 2.61. The molecule has 0 aliphatic heterocycles. The van der Waals surface area contributed by atoms with Gasteiger partial charge in [-0.25, -0.2) is 0 Å². The summed E-state index contributed by atoms with van der Waals surface area (Å²) in [4.78, 5) is 38.2. The summed E-state index contributed by atoms with van der Waals surface area (Å²) in [5.74, 6) is -1.44. The molecule has 1 aliphatic rings. The molecule has 156 valence electrons. The second-order valence-electron chi connectivity index (χ2n) is 8.88. The third-order valence-electron chi connectivity index (χ3n) is 4.52. The molecule has 1 rings (SSSR count). The lowest BCUT2D eigenvalue weighted by Gasteiger charge is -2.36. The van der Waals surface area contributed by atoms with E-state index in [2.05, 4.69) is 0 Å². The summed E-state index contributed by atoms with van der Waals surface area (Å²) in [6.45, 7) is 12.5. The Bertz CT molecular complexity index is 485. The van der Waals surface area contributed by atoms with Gasteiger partial charge in [-0.15, -0.1) is 0 Å². The average molecular weight is 385 g/mol. The topological polar surface area (TPSA) is 78.9 Å². The Balaban J connectivity index is 2.96. The van der Waals surface area contributed by atoms with Crippen molar-refractivity contribution < 1.29 is 28.6 Å². The number of carbonyl (C=O) groups excluding carboxylic acids is 3. The highest BCUT2D eigenvalue weighted by Crippen LogP contribution is 2.42. The van der Waals surface area contributed by atoms with Gasteiger partial charge in [0.05, 0.1) is 25.7 Å². The van der Waals surface area contributed by atoms with Gasteiger partial charge in [0.25, 0.3) is 0 Å². The van der Waals surface area contributed by atoms with Gasteiger partial charge in [-0.3, -0.25) is 14.4 Å². The number of hydrogen-bond acceptors (Lipinski definition) is 6. The van der Waals surface area contributed by atoms with Crippen molar-refractivity contribution >= 4 is 17.9 Å². The predicted octanol–water partition coefficient (Wildman–Crippen LogP) is 3.76. The number of esters is 3. The number of rotatable bonds is 9. The molecule has 0 aromatic heterocycles. The summed E-state index contributed by atoms with van der Waals surface area (Å²) >= 11 is 0. The highest BCUT2D eigenvalue weighted by atomic mass is 16.6. The Kier molecular flexibility index (Phi) is 9.27. The maximum atomic E-state index is 12.9. The standard InChI is InChI=1S/C21H36O6/c1-14(2)11-25-18(22)17-8-7-9-21(10-17,19(23)26-12-15(3)4)20(24)27-13-16(5)6/h14-17H,7-13H2,1-6H3. The van der Waals surface area contributed by atoms with Crippen LogP contribution in [0, 0.1) is 29.1 Å². The van der Waals surface area contributed by atoms with E-state index in [1.54, 1.807) is 0 Å². The van der Waals surface area contributed by atoms with Gasteiger partial charge in [0.1, 0.15) is 0 Å². The van der Waals surface area contributed by atoms with Gasteiger partial charge in [-0.05, 0) is 37.0 Å². The summed E-state index contributed by atoms with van der Waals surface area (Å²) < 4.78 is 16.2. The fourth-order valence-corrected chi connectivity index (χ4v) is 3.06. The Morgan fingerprint density at radius 2 is 1.26 bits per heavy atom. The maximum absolute atomic E-state index is 12.9. The fraction of sp³-hybridized carbons (Fsp3) is 0.857. The van der Waals surface area contributed by atoms with Gasteiger partial charge in [0.2, 0.25) is 0 Å². The van der Waals surface area contributed by atoms with Crippen molar-refractivity contribution in [2.45, 2.75) is 67.2 Å². The molecule has 1 fully saturated rings. The van der Waals surface area contributed by atoms with Gasteiger partial charge in [-0.2, -0.15) is 0 Å². The monoisotopic (exact) mass is 384 g/mol. The van der Waals surface area contributed by atoms with Crippen molar-refractivity contribution in [2.24, 2.45) is 29.1 Å². The van der Waals surface area contributed by atoms with Crippen molar-refractivity contribution in [3.63, 3.8) is 0 Å². The molecule has 0 radical (unpaired) electrons. The van der Waals surface area contributed by atoms with Crippen LogP contribution in [0.2, 0.25) is 0 Å². The first-order chi connectivity index (χ1) is 12.6. The fourth-order valence-electron chi connectivity index (χ4n) is 3.06. The summed E-state index contributed by atoms with van der Waals surface area (Å²) in [5.41, 5.74) is -1.41. The summed E-state index contributed by atoms with van der Waals surface area (Å²) in [6, 6.07) is 0. The zero-order valence-electron chi connectivity index (χ0n) is 17.7. The zero-order chi connectivity index (χ0) is 20.6. The molecular weight excluding hydrogens is 348 g/mol. The molecule has 27 heavy (non-hydrogen) atoms. The van der Waals surface area contributed by atoms with Crippen molar-refractivity contribution in [1.82, 2.24) is 0 Å². The Morgan fingerprint density at radius 1 is 0.815 bits per heavy atom.